The van der Waals surface area contributed by atoms with E-state index in [1.54, 1.807) is 12.1 Å². The van der Waals surface area contributed by atoms with Gasteiger partial charge in [-0.15, -0.1) is 0 Å². The van der Waals surface area contributed by atoms with Crippen LogP contribution in [-0.2, 0) is 0 Å². The smallest absolute Gasteiger partial charge is 0.362 e. The number of aryl methyl sites for hydroxylation is 1. The number of aromatic nitrogens is 1. The summed E-state index contributed by atoms with van der Waals surface area (Å²) >= 11 is 0. The molecule has 1 N–H and O–H groups in total. The van der Waals surface area contributed by atoms with Gasteiger partial charge in [0.25, 0.3) is 5.69 Å². The Hall–Kier alpha value is -3.48. The number of fused-ring (bicyclic) bond motifs is 1. The zero-order valence-corrected chi connectivity index (χ0v) is 12.6. The van der Waals surface area contributed by atoms with Crippen LogP contribution in [0.25, 0.3) is 22.9 Å². The first-order valence-electron chi connectivity index (χ1n) is 7.01. The summed E-state index contributed by atoms with van der Waals surface area (Å²) in [6, 6.07) is 10.9. The molecule has 3 rings (SSSR count). The molecule has 0 aliphatic carbocycles. The molecule has 120 valence electrons. The van der Waals surface area contributed by atoms with E-state index in [-0.39, 0.29) is 28.2 Å². The number of aliphatic hydroxyl groups is 1. The molecule has 0 spiro atoms. The van der Waals surface area contributed by atoms with Gasteiger partial charge in [-0.1, -0.05) is 29.8 Å². The van der Waals surface area contributed by atoms with Crippen LogP contribution in [0.3, 0.4) is 0 Å². The minimum atomic E-state index is -0.790. The van der Waals surface area contributed by atoms with Gasteiger partial charge in [0.1, 0.15) is 11.3 Å². The molecule has 7 heteroatoms. The minimum Gasteiger partial charge on any atom is -0.507 e. The first kappa shape index (κ1) is 15.4. The summed E-state index contributed by atoms with van der Waals surface area (Å²) in [7, 11) is 0. The second-order valence-electron chi connectivity index (χ2n) is 5.19. The van der Waals surface area contributed by atoms with E-state index in [1.807, 2.05) is 19.1 Å². The number of non-ortho nitro benzene ring substituents is 1. The second kappa shape index (κ2) is 5.96. The van der Waals surface area contributed by atoms with Gasteiger partial charge in [-0.25, -0.2) is 9.78 Å². The van der Waals surface area contributed by atoms with Crippen LogP contribution in [0, 0.1) is 17.0 Å². The average molecular weight is 324 g/mol. The molecule has 0 aliphatic rings. The lowest BCUT2D eigenvalue weighted by Crippen LogP contribution is -2.06. The van der Waals surface area contributed by atoms with Crippen molar-refractivity contribution in [3.05, 3.63) is 79.8 Å². The summed E-state index contributed by atoms with van der Waals surface area (Å²) in [5.74, 6) is -0.129. The van der Waals surface area contributed by atoms with Crippen molar-refractivity contribution in [2.75, 3.05) is 0 Å². The maximum absolute atomic E-state index is 12.0. The third-order valence-corrected chi connectivity index (χ3v) is 3.43. The van der Waals surface area contributed by atoms with E-state index >= 15 is 0 Å². The number of aliphatic hydroxyl groups excluding tert-OH is 1. The van der Waals surface area contributed by atoms with E-state index in [0.717, 1.165) is 11.6 Å². The summed E-state index contributed by atoms with van der Waals surface area (Å²) in [6.45, 7) is 1.92. The van der Waals surface area contributed by atoms with E-state index in [1.165, 1.54) is 18.2 Å². The van der Waals surface area contributed by atoms with Gasteiger partial charge < -0.3 is 9.52 Å². The molecular formula is C17H12N2O5. The van der Waals surface area contributed by atoms with Gasteiger partial charge in [0.2, 0.25) is 0 Å². The molecule has 0 atom stereocenters. The minimum absolute atomic E-state index is 0.0150. The maximum Gasteiger partial charge on any atom is 0.362 e. The molecule has 7 nitrogen and oxygen atoms in total. The van der Waals surface area contributed by atoms with Crippen LogP contribution in [0.1, 0.15) is 16.8 Å². The standard InChI is InChI=1S/C17H12N2O5/c1-10-2-4-11(5-3-10)15(20)9-14-17(21)24-16-8-12(19(22)23)6-7-13(16)18-14/h2-9,20H,1H3. The van der Waals surface area contributed by atoms with Gasteiger partial charge in [-0.2, -0.15) is 0 Å². The van der Waals surface area contributed by atoms with Crippen molar-refractivity contribution >= 4 is 28.6 Å². The van der Waals surface area contributed by atoms with Crippen LogP contribution in [0.15, 0.2) is 51.7 Å². The average Bonchev–Trinajstić information content (AvgIpc) is 2.55. The summed E-state index contributed by atoms with van der Waals surface area (Å²) in [5.41, 5.74) is 0.792. The highest BCUT2D eigenvalue weighted by molar-refractivity contribution is 5.79. The Balaban J connectivity index is 2.06. The fraction of sp³-hybridized carbons (Fsp3) is 0.0588. The molecule has 0 radical (unpaired) electrons. The Bertz CT molecular complexity index is 1020. The molecule has 1 aromatic heterocycles. The van der Waals surface area contributed by atoms with Gasteiger partial charge in [-0.3, -0.25) is 10.1 Å². The van der Waals surface area contributed by atoms with E-state index in [0.29, 0.717) is 5.56 Å². The van der Waals surface area contributed by atoms with Crippen LogP contribution < -0.4 is 5.63 Å². The van der Waals surface area contributed by atoms with Crippen molar-refractivity contribution in [2.24, 2.45) is 0 Å². The lowest BCUT2D eigenvalue weighted by molar-refractivity contribution is -0.384. The zero-order chi connectivity index (χ0) is 17.3. The number of hydrogen-bond donors (Lipinski definition) is 1. The van der Waals surface area contributed by atoms with Gasteiger partial charge in [-0.05, 0) is 13.0 Å². The molecule has 2 aromatic carbocycles. The number of rotatable bonds is 3. The lowest BCUT2D eigenvalue weighted by Gasteiger charge is -2.02. The topological polar surface area (TPSA) is 106 Å². The Labute approximate surface area is 135 Å². The van der Waals surface area contributed by atoms with Crippen molar-refractivity contribution in [2.45, 2.75) is 6.92 Å². The van der Waals surface area contributed by atoms with E-state index in [9.17, 15) is 20.0 Å². The highest BCUT2D eigenvalue weighted by Crippen LogP contribution is 2.20. The molecule has 0 fully saturated rings. The Morgan fingerprint density at radius 2 is 1.96 bits per heavy atom. The number of nitrogens with zero attached hydrogens (tertiary/aromatic N) is 2. The third-order valence-electron chi connectivity index (χ3n) is 3.43. The van der Waals surface area contributed by atoms with Crippen molar-refractivity contribution in [3.8, 4) is 0 Å². The lowest BCUT2D eigenvalue weighted by atomic mass is 10.1. The highest BCUT2D eigenvalue weighted by atomic mass is 16.6. The van der Waals surface area contributed by atoms with Gasteiger partial charge in [0.15, 0.2) is 11.3 Å². The Morgan fingerprint density at radius 1 is 1.25 bits per heavy atom. The monoisotopic (exact) mass is 324 g/mol. The van der Waals surface area contributed by atoms with Crippen molar-refractivity contribution in [3.63, 3.8) is 0 Å². The summed E-state index contributed by atoms with van der Waals surface area (Å²) in [5, 5.41) is 20.9. The molecule has 0 aliphatic heterocycles. The highest BCUT2D eigenvalue weighted by Gasteiger charge is 2.12. The second-order valence-corrected chi connectivity index (χ2v) is 5.19. The van der Waals surface area contributed by atoms with Crippen molar-refractivity contribution in [1.29, 1.82) is 0 Å². The van der Waals surface area contributed by atoms with Gasteiger partial charge in [0, 0.05) is 17.7 Å². The molecular weight excluding hydrogens is 312 g/mol. The number of benzene rings is 2. The summed E-state index contributed by atoms with van der Waals surface area (Å²) in [6.07, 6.45) is 1.21. The molecule has 0 unspecified atom stereocenters. The predicted molar refractivity (Wildman–Crippen MR) is 88.6 cm³/mol. The normalized spacial score (nSPS) is 11.6. The first-order chi connectivity index (χ1) is 11.4. The summed E-state index contributed by atoms with van der Waals surface area (Å²) < 4.78 is 5.06. The van der Waals surface area contributed by atoms with E-state index in [4.69, 9.17) is 4.42 Å². The molecule has 0 saturated carbocycles. The van der Waals surface area contributed by atoms with Gasteiger partial charge in [0.05, 0.1) is 11.0 Å². The third kappa shape index (κ3) is 3.00. The van der Waals surface area contributed by atoms with Crippen LogP contribution >= 0.6 is 0 Å². The predicted octanol–water partition coefficient (Wildman–Crippen LogP) is 3.46. The van der Waals surface area contributed by atoms with Crippen molar-refractivity contribution < 1.29 is 14.4 Å². The number of nitro benzene ring substituents is 1. The molecule has 0 saturated heterocycles. The van der Waals surface area contributed by atoms with Gasteiger partial charge >= 0.3 is 5.63 Å². The fourth-order valence-electron chi connectivity index (χ4n) is 2.15. The Kier molecular flexibility index (Phi) is 3.83. The molecule has 0 bridgehead atoms. The van der Waals surface area contributed by atoms with E-state index in [2.05, 4.69) is 4.98 Å². The Morgan fingerprint density at radius 3 is 2.62 bits per heavy atom. The zero-order valence-electron chi connectivity index (χ0n) is 12.6. The quantitative estimate of drug-likeness (QED) is 0.449. The van der Waals surface area contributed by atoms with E-state index < -0.39 is 10.5 Å². The molecule has 1 heterocycles. The van der Waals surface area contributed by atoms with Crippen LogP contribution in [0.4, 0.5) is 5.69 Å². The largest absolute Gasteiger partial charge is 0.507 e. The summed E-state index contributed by atoms with van der Waals surface area (Å²) in [4.78, 5) is 26.2. The maximum atomic E-state index is 12.0. The van der Waals surface area contributed by atoms with Crippen molar-refractivity contribution in [1.82, 2.24) is 4.98 Å². The number of hydrogen-bond acceptors (Lipinski definition) is 6. The van der Waals surface area contributed by atoms with Crippen LogP contribution in [0.5, 0.6) is 0 Å². The van der Waals surface area contributed by atoms with Crippen LogP contribution in [0.2, 0.25) is 0 Å². The molecule has 0 amide bonds. The van der Waals surface area contributed by atoms with Crippen LogP contribution in [-0.4, -0.2) is 15.0 Å². The molecule has 3 aromatic rings. The first-order valence-corrected chi connectivity index (χ1v) is 7.01. The fourth-order valence-corrected chi connectivity index (χ4v) is 2.15. The SMILES string of the molecule is Cc1ccc(C(O)=Cc2nc3ccc([N+](=O)[O-])cc3oc2=O)cc1. The molecule has 24 heavy (non-hydrogen) atoms. The number of nitro groups is 1.